The van der Waals surface area contributed by atoms with E-state index in [4.69, 9.17) is 14.4 Å². The number of fused-ring (bicyclic) bond motifs is 4. The van der Waals surface area contributed by atoms with Crippen molar-refractivity contribution in [2.24, 2.45) is 0 Å². The first kappa shape index (κ1) is 27.0. The van der Waals surface area contributed by atoms with Crippen molar-refractivity contribution in [1.29, 1.82) is 0 Å². The van der Waals surface area contributed by atoms with Crippen molar-refractivity contribution >= 4 is 32.8 Å². The quantitative estimate of drug-likeness (QED) is 0.197. The molecule has 0 bridgehead atoms. The van der Waals surface area contributed by atoms with Crippen molar-refractivity contribution in [2.45, 2.75) is 0 Å². The van der Waals surface area contributed by atoms with Gasteiger partial charge >= 0.3 is 0 Å². The van der Waals surface area contributed by atoms with Crippen LogP contribution in [0, 0.1) is 0 Å². The van der Waals surface area contributed by atoms with Gasteiger partial charge in [-0.15, -0.1) is 0 Å². The number of pyridine rings is 1. The predicted octanol–water partition coefficient (Wildman–Crippen LogP) is 11.3. The van der Waals surface area contributed by atoms with Crippen LogP contribution < -0.4 is 0 Å². The second-order valence-electron chi connectivity index (χ2n) is 11.7. The van der Waals surface area contributed by atoms with Gasteiger partial charge in [-0.3, -0.25) is 0 Å². The Hall–Kier alpha value is -6.39. The summed E-state index contributed by atoms with van der Waals surface area (Å²) in [6.45, 7) is 0. The van der Waals surface area contributed by atoms with E-state index in [1.165, 1.54) is 10.8 Å². The lowest BCUT2D eigenvalue weighted by Gasteiger charge is -2.14. The van der Waals surface area contributed by atoms with Crippen LogP contribution in [0.15, 0.2) is 168 Å². The van der Waals surface area contributed by atoms with E-state index in [0.29, 0.717) is 11.5 Å². The summed E-state index contributed by atoms with van der Waals surface area (Å²) in [6.07, 6.45) is 1.76. The molecule has 3 heterocycles. The lowest BCUT2D eigenvalue weighted by atomic mass is 9.93. The van der Waals surface area contributed by atoms with Gasteiger partial charge in [-0.25, -0.2) is 15.0 Å². The molecule has 9 rings (SSSR count). The highest BCUT2D eigenvalue weighted by Crippen LogP contribution is 2.37. The Labute approximate surface area is 271 Å². The van der Waals surface area contributed by atoms with E-state index in [-0.39, 0.29) is 0 Å². The molecule has 0 saturated heterocycles. The lowest BCUT2D eigenvalue weighted by molar-refractivity contribution is 0.654. The molecule has 0 unspecified atom stereocenters. The van der Waals surface area contributed by atoms with E-state index in [1.54, 1.807) is 6.20 Å². The second kappa shape index (κ2) is 11.2. The van der Waals surface area contributed by atoms with Gasteiger partial charge in [0.05, 0.1) is 11.4 Å². The molecule has 3 aromatic heterocycles. The van der Waals surface area contributed by atoms with Crippen molar-refractivity contribution in [2.75, 3.05) is 0 Å². The van der Waals surface area contributed by atoms with E-state index in [9.17, 15) is 0 Å². The number of furan rings is 1. The van der Waals surface area contributed by atoms with Gasteiger partial charge in [-0.1, -0.05) is 103 Å². The topological polar surface area (TPSA) is 51.8 Å². The van der Waals surface area contributed by atoms with Crippen molar-refractivity contribution in [1.82, 2.24) is 15.0 Å². The predicted molar refractivity (Wildman–Crippen MR) is 192 cm³/mol. The normalized spacial score (nSPS) is 11.4. The van der Waals surface area contributed by atoms with Gasteiger partial charge < -0.3 is 4.42 Å². The molecule has 0 aliphatic heterocycles. The number of nitrogens with zero attached hydrogens (tertiary/aromatic N) is 3. The van der Waals surface area contributed by atoms with Crippen LogP contribution >= 0.6 is 0 Å². The van der Waals surface area contributed by atoms with Crippen LogP contribution in [-0.4, -0.2) is 15.0 Å². The minimum atomic E-state index is 0.646. The minimum absolute atomic E-state index is 0.646. The highest BCUT2D eigenvalue weighted by molar-refractivity contribution is 6.05. The molecule has 0 N–H and O–H groups in total. The first-order valence-electron chi connectivity index (χ1n) is 15.7. The number of rotatable bonds is 5. The van der Waals surface area contributed by atoms with E-state index in [1.807, 2.05) is 48.5 Å². The smallest absolute Gasteiger partial charge is 0.227 e. The largest absolute Gasteiger partial charge is 0.438 e. The average Bonchev–Trinajstić information content (AvgIpc) is 3.53. The van der Waals surface area contributed by atoms with Gasteiger partial charge in [-0.05, 0) is 87.6 Å². The number of benzene rings is 6. The lowest BCUT2D eigenvalue weighted by Crippen LogP contribution is -1.96. The molecule has 0 atom stereocenters. The molecule has 4 nitrogen and oxygen atoms in total. The minimum Gasteiger partial charge on any atom is -0.438 e. The molecular formula is C43H27N3O. The Morgan fingerprint density at radius 2 is 1.02 bits per heavy atom. The Kier molecular flexibility index (Phi) is 6.43. The maximum Gasteiger partial charge on any atom is 0.227 e. The number of hydrogen-bond acceptors (Lipinski definition) is 4. The fourth-order valence-corrected chi connectivity index (χ4v) is 6.34. The molecule has 0 radical (unpaired) electrons. The molecule has 0 spiro atoms. The molecule has 4 heteroatoms. The van der Waals surface area contributed by atoms with Crippen LogP contribution in [0.5, 0.6) is 0 Å². The van der Waals surface area contributed by atoms with Crippen molar-refractivity contribution in [3.63, 3.8) is 0 Å². The number of aromatic nitrogens is 3. The third-order valence-corrected chi connectivity index (χ3v) is 8.72. The standard InChI is InChI=1S/C43H27N3O/c1-3-11-29(12-4-1)39-27-40(46-42(45-39)30-13-5-2-6-14-30)36-24-34(32-18-17-28-10-7-8-15-31(28)22-32)23-35(25-36)33-19-20-41-38(26-33)37-16-9-21-44-43(37)47-41/h1-27H. The van der Waals surface area contributed by atoms with E-state index in [2.05, 4.69) is 114 Å². The SMILES string of the molecule is c1ccc(-c2cc(-c3cc(-c4ccc5ccccc5c4)cc(-c4ccc5oc6ncccc6c5c4)c3)nc(-c3ccccc3)n2)cc1. The van der Waals surface area contributed by atoms with Crippen LogP contribution in [-0.2, 0) is 0 Å². The second-order valence-corrected chi connectivity index (χ2v) is 11.7. The fourth-order valence-electron chi connectivity index (χ4n) is 6.34. The first-order valence-corrected chi connectivity index (χ1v) is 15.7. The fraction of sp³-hybridized carbons (Fsp3) is 0. The van der Waals surface area contributed by atoms with E-state index >= 15 is 0 Å². The van der Waals surface area contributed by atoms with Crippen LogP contribution in [0.3, 0.4) is 0 Å². The van der Waals surface area contributed by atoms with Gasteiger partial charge in [0.25, 0.3) is 0 Å². The van der Waals surface area contributed by atoms with Crippen LogP contribution in [0.2, 0.25) is 0 Å². The van der Waals surface area contributed by atoms with Gasteiger partial charge in [0.1, 0.15) is 5.58 Å². The molecule has 0 amide bonds. The van der Waals surface area contributed by atoms with Crippen LogP contribution in [0.1, 0.15) is 0 Å². The summed E-state index contributed by atoms with van der Waals surface area (Å²) in [7, 11) is 0. The van der Waals surface area contributed by atoms with Gasteiger partial charge in [0.15, 0.2) is 5.82 Å². The van der Waals surface area contributed by atoms with E-state index < -0.39 is 0 Å². The van der Waals surface area contributed by atoms with Gasteiger partial charge in [0.2, 0.25) is 5.71 Å². The third-order valence-electron chi connectivity index (χ3n) is 8.72. The Morgan fingerprint density at radius 3 is 1.81 bits per heavy atom. The Balaban J connectivity index is 1.28. The molecule has 47 heavy (non-hydrogen) atoms. The molecular weight excluding hydrogens is 574 g/mol. The maximum atomic E-state index is 6.05. The van der Waals surface area contributed by atoms with Crippen molar-refractivity contribution in [3.8, 4) is 56.2 Å². The highest BCUT2D eigenvalue weighted by atomic mass is 16.3. The zero-order chi connectivity index (χ0) is 31.2. The summed E-state index contributed by atoms with van der Waals surface area (Å²) in [6, 6.07) is 54.9. The summed E-state index contributed by atoms with van der Waals surface area (Å²) in [5.41, 5.74) is 10.7. The Morgan fingerprint density at radius 1 is 0.383 bits per heavy atom. The molecule has 9 aromatic rings. The monoisotopic (exact) mass is 601 g/mol. The molecule has 0 aliphatic carbocycles. The summed E-state index contributed by atoms with van der Waals surface area (Å²) in [5, 5.41) is 4.47. The first-order chi connectivity index (χ1) is 23.2. The summed E-state index contributed by atoms with van der Waals surface area (Å²) >= 11 is 0. The molecule has 0 aliphatic rings. The van der Waals surface area contributed by atoms with Crippen LogP contribution in [0.25, 0.3) is 89.0 Å². The third kappa shape index (κ3) is 5.02. The van der Waals surface area contributed by atoms with Gasteiger partial charge in [-0.2, -0.15) is 0 Å². The zero-order valence-electron chi connectivity index (χ0n) is 25.3. The van der Waals surface area contributed by atoms with Crippen molar-refractivity contribution < 1.29 is 4.42 Å². The Bertz CT molecular complexity index is 2510. The summed E-state index contributed by atoms with van der Waals surface area (Å²) in [4.78, 5) is 14.6. The summed E-state index contributed by atoms with van der Waals surface area (Å²) in [5.74, 6) is 0.693. The number of hydrogen-bond donors (Lipinski definition) is 0. The highest BCUT2D eigenvalue weighted by Gasteiger charge is 2.15. The maximum absolute atomic E-state index is 6.05. The molecule has 0 fully saturated rings. The van der Waals surface area contributed by atoms with E-state index in [0.717, 1.165) is 66.7 Å². The summed E-state index contributed by atoms with van der Waals surface area (Å²) < 4.78 is 6.05. The molecule has 220 valence electrons. The zero-order valence-corrected chi connectivity index (χ0v) is 25.3. The average molecular weight is 602 g/mol. The molecule has 6 aromatic carbocycles. The van der Waals surface area contributed by atoms with Crippen molar-refractivity contribution in [3.05, 3.63) is 164 Å². The molecule has 0 saturated carbocycles. The van der Waals surface area contributed by atoms with Crippen LogP contribution in [0.4, 0.5) is 0 Å². The van der Waals surface area contributed by atoms with Gasteiger partial charge in [0, 0.05) is 33.7 Å².